The highest BCUT2D eigenvalue weighted by Gasteiger charge is 2.12. The molecular weight excluding hydrogens is 251 g/mol. The van der Waals surface area contributed by atoms with Gasteiger partial charge in [0.15, 0.2) is 0 Å². The number of rotatable bonds is 5. The number of benzene rings is 1. The molecule has 0 fully saturated rings. The van der Waals surface area contributed by atoms with Gasteiger partial charge in [0.25, 0.3) is 5.88 Å². The first-order valence-electron chi connectivity index (χ1n) is 5.33. The Morgan fingerprint density at radius 2 is 1.94 bits per heavy atom. The van der Waals surface area contributed by atoms with Crippen LogP contribution in [0, 0.1) is 0 Å². The van der Waals surface area contributed by atoms with Gasteiger partial charge in [0.1, 0.15) is 18.6 Å². The second kappa shape index (κ2) is 6.28. The molecule has 0 saturated heterocycles. The maximum Gasteiger partial charge on any atom is 0.261 e. The molecule has 6 heteroatoms. The van der Waals surface area contributed by atoms with E-state index in [0.717, 1.165) is 5.56 Å². The van der Waals surface area contributed by atoms with E-state index in [-0.39, 0.29) is 6.61 Å². The van der Waals surface area contributed by atoms with Crippen LogP contribution in [0.5, 0.6) is 11.6 Å². The van der Waals surface area contributed by atoms with Crippen LogP contribution in [0.25, 0.3) is 0 Å². The minimum atomic E-state index is -0.228. The highest BCUT2D eigenvalue weighted by Crippen LogP contribution is 2.29. The molecular formula is C12H13N2O3P. The first-order chi connectivity index (χ1) is 8.85. The summed E-state index contributed by atoms with van der Waals surface area (Å²) >= 11 is 0. The van der Waals surface area contributed by atoms with Crippen LogP contribution in [0.15, 0.2) is 36.7 Å². The lowest BCUT2D eigenvalue weighted by Crippen LogP contribution is -2.02. The zero-order chi connectivity index (χ0) is 12.8. The van der Waals surface area contributed by atoms with Gasteiger partial charge in [-0.2, -0.15) is 4.98 Å². The van der Waals surface area contributed by atoms with E-state index in [1.807, 2.05) is 30.3 Å². The van der Waals surface area contributed by atoms with Crippen LogP contribution in [0.2, 0.25) is 0 Å². The van der Waals surface area contributed by atoms with Crippen LogP contribution < -0.4 is 9.26 Å². The molecule has 1 heterocycles. The largest absolute Gasteiger partial charge is 0.473 e. The summed E-state index contributed by atoms with van der Waals surface area (Å²) in [5.74, 6) is 0.647. The van der Waals surface area contributed by atoms with Gasteiger partial charge >= 0.3 is 0 Å². The maximum absolute atomic E-state index is 9.12. The standard InChI is InChI=1S/C12H13N2O3P/c15-6-10-11(17-18)12(14-8-13-10)16-7-9-4-2-1-3-5-9/h1-5,8,15H,6-7,18H2. The van der Waals surface area contributed by atoms with E-state index in [4.69, 9.17) is 14.4 Å². The number of aromatic nitrogens is 2. The number of aliphatic hydroxyl groups is 1. The summed E-state index contributed by atoms with van der Waals surface area (Å²) in [5, 5.41) is 9.12. The van der Waals surface area contributed by atoms with Gasteiger partial charge in [0.2, 0.25) is 5.75 Å². The van der Waals surface area contributed by atoms with Crippen LogP contribution in [0.4, 0.5) is 0 Å². The lowest BCUT2D eigenvalue weighted by Gasteiger charge is -2.11. The molecule has 1 aromatic heterocycles. The summed E-state index contributed by atoms with van der Waals surface area (Å²) in [7, 11) is 2.10. The first kappa shape index (κ1) is 12.7. The van der Waals surface area contributed by atoms with Crippen molar-refractivity contribution in [3.8, 4) is 11.6 Å². The SMILES string of the molecule is OCc1ncnc(OCc2ccccc2)c1OP. The highest BCUT2D eigenvalue weighted by atomic mass is 31.0. The van der Waals surface area contributed by atoms with Crippen molar-refractivity contribution in [3.05, 3.63) is 47.9 Å². The molecule has 1 atom stereocenters. The van der Waals surface area contributed by atoms with Gasteiger partial charge in [-0.3, -0.25) is 0 Å². The topological polar surface area (TPSA) is 64.5 Å². The smallest absolute Gasteiger partial charge is 0.261 e. The fraction of sp³-hybridized carbons (Fsp3) is 0.167. The molecule has 18 heavy (non-hydrogen) atoms. The lowest BCUT2D eigenvalue weighted by molar-refractivity contribution is 0.261. The van der Waals surface area contributed by atoms with Crippen LogP contribution in [0.3, 0.4) is 0 Å². The Kier molecular flexibility index (Phi) is 4.45. The van der Waals surface area contributed by atoms with Crippen molar-refractivity contribution in [2.75, 3.05) is 0 Å². The van der Waals surface area contributed by atoms with E-state index in [1.54, 1.807) is 0 Å². The number of nitrogens with zero attached hydrogens (tertiary/aromatic N) is 2. The molecule has 1 aromatic carbocycles. The lowest BCUT2D eigenvalue weighted by atomic mass is 10.2. The Morgan fingerprint density at radius 1 is 1.17 bits per heavy atom. The van der Waals surface area contributed by atoms with Crippen molar-refractivity contribution in [1.82, 2.24) is 9.97 Å². The van der Waals surface area contributed by atoms with Gasteiger partial charge in [-0.1, -0.05) is 30.3 Å². The van der Waals surface area contributed by atoms with E-state index in [0.29, 0.717) is 23.9 Å². The van der Waals surface area contributed by atoms with Gasteiger partial charge in [-0.25, -0.2) is 4.98 Å². The molecule has 0 spiro atoms. The molecule has 2 rings (SSSR count). The summed E-state index contributed by atoms with van der Waals surface area (Å²) in [6.45, 7) is 0.150. The number of ether oxygens (including phenoxy) is 1. The third kappa shape index (κ3) is 2.94. The molecule has 94 valence electrons. The van der Waals surface area contributed by atoms with Gasteiger partial charge in [0, 0.05) is 0 Å². The third-order valence-electron chi connectivity index (χ3n) is 2.33. The molecule has 0 aliphatic heterocycles. The normalized spacial score (nSPS) is 10.1. The third-order valence-corrected chi connectivity index (χ3v) is 2.57. The van der Waals surface area contributed by atoms with E-state index in [2.05, 4.69) is 19.4 Å². The fourth-order valence-electron chi connectivity index (χ4n) is 1.45. The van der Waals surface area contributed by atoms with E-state index in [1.165, 1.54) is 6.33 Å². The Hall–Kier alpha value is -1.71. The molecule has 1 unspecified atom stereocenters. The van der Waals surface area contributed by atoms with Gasteiger partial charge in [-0.05, 0) is 5.56 Å². The van der Waals surface area contributed by atoms with Crippen molar-refractivity contribution in [2.24, 2.45) is 0 Å². The molecule has 0 aliphatic rings. The molecule has 2 aromatic rings. The Labute approximate surface area is 107 Å². The highest BCUT2D eigenvalue weighted by molar-refractivity contribution is 7.10. The molecule has 0 saturated carbocycles. The molecule has 0 aliphatic carbocycles. The zero-order valence-electron chi connectivity index (χ0n) is 9.61. The summed E-state index contributed by atoms with van der Waals surface area (Å²) in [4.78, 5) is 7.89. The van der Waals surface area contributed by atoms with Crippen LogP contribution in [-0.4, -0.2) is 15.1 Å². The van der Waals surface area contributed by atoms with Crippen LogP contribution >= 0.6 is 9.47 Å². The Balaban J connectivity index is 2.14. The van der Waals surface area contributed by atoms with Crippen LogP contribution in [0.1, 0.15) is 11.3 Å². The van der Waals surface area contributed by atoms with Crippen molar-refractivity contribution in [2.45, 2.75) is 13.2 Å². The van der Waals surface area contributed by atoms with Crippen molar-refractivity contribution in [3.63, 3.8) is 0 Å². The monoisotopic (exact) mass is 264 g/mol. The number of hydrogen-bond acceptors (Lipinski definition) is 5. The number of hydrogen-bond donors (Lipinski definition) is 1. The molecule has 0 bridgehead atoms. The average molecular weight is 264 g/mol. The van der Waals surface area contributed by atoms with E-state index in [9.17, 15) is 0 Å². The Bertz CT molecular complexity index is 508. The minimum absolute atomic E-state index is 0.228. The van der Waals surface area contributed by atoms with Gasteiger partial charge in [-0.15, -0.1) is 0 Å². The number of aliphatic hydroxyl groups excluding tert-OH is 1. The zero-order valence-corrected chi connectivity index (χ0v) is 10.8. The van der Waals surface area contributed by atoms with Gasteiger partial charge < -0.3 is 14.4 Å². The minimum Gasteiger partial charge on any atom is -0.473 e. The first-order valence-corrected chi connectivity index (χ1v) is 5.80. The average Bonchev–Trinajstić information content (AvgIpc) is 2.45. The predicted molar refractivity (Wildman–Crippen MR) is 69.1 cm³/mol. The van der Waals surface area contributed by atoms with Crippen LogP contribution in [-0.2, 0) is 13.2 Å². The van der Waals surface area contributed by atoms with Crippen molar-refractivity contribution >= 4 is 9.47 Å². The van der Waals surface area contributed by atoms with E-state index >= 15 is 0 Å². The Morgan fingerprint density at radius 3 is 2.61 bits per heavy atom. The van der Waals surface area contributed by atoms with E-state index < -0.39 is 0 Å². The summed E-state index contributed by atoms with van der Waals surface area (Å²) in [5.41, 5.74) is 1.42. The van der Waals surface area contributed by atoms with Gasteiger partial charge in [0.05, 0.1) is 16.1 Å². The van der Waals surface area contributed by atoms with Crippen molar-refractivity contribution < 1.29 is 14.4 Å². The maximum atomic E-state index is 9.12. The summed E-state index contributed by atoms with van der Waals surface area (Å²) < 4.78 is 10.6. The molecule has 0 radical (unpaired) electrons. The molecule has 1 N–H and O–H groups in total. The van der Waals surface area contributed by atoms with Crippen molar-refractivity contribution in [1.29, 1.82) is 0 Å². The quantitative estimate of drug-likeness (QED) is 0.833. The second-order valence-electron chi connectivity index (χ2n) is 3.50. The summed E-state index contributed by atoms with van der Waals surface area (Å²) in [6, 6.07) is 9.72. The molecule has 0 amide bonds. The molecule has 5 nitrogen and oxygen atoms in total. The second-order valence-corrected chi connectivity index (χ2v) is 3.74. The fourth-order valence-corrected chi connectivity index (χ4v) is 1.69. The summed E-state index contributed by atoms with van der Waals surface area (Å²) in [6.07, 6.45) is 1.33. The predicted octanol–water partition coefficient (Wildman–Crippen LogP) is 1.72.